The number of aromatic nitrogens is 1. The van der Waals surface area contributed by atoms with Crippen molar-refractivity contribution >= 4 is 5.69 Å². The summed E-state index contributed by atoms with van der Waals surface area (Å²) in [7, 11) is 3.41. The second-order valence-electron chi connectivity index (χ2n) is 8.20. The first-order valence-corrected chi connectivity index (χ1v) is 9.90. The van der Waals surface area contributed by atoms with E-state index in [9.17, 15) is 0 Å². The molecule has 4 saturated heterocycles. The van der Waals surface area contributed by atoms with E-state index in [1.807, 2.05) is 30.6 Å². The van der Waals surface area contributed by atoms with Gasteiger partial charge in [-0.3, -0.25) is 4.98 Å². The quantitative estimate of drug-likeness (QED) is 0.831. The Morgan fingerprint density at radius 3 is 2.44 bits per heavy atom. The predicted molar refractivity (Wildman–Crippen MR) is 107 cm³/mol. The van der Waals surface area contributed by atoms with Crippen LogP contribution < -0.4 is 14.4 Å². The van der Waals surface area contributed by atoms with Crippen molar-refractivity contribution in [1.29, 1.82) is 0 Å². The Bertz CT molecular complexity index is 804. The highest BCUT2D eigenvalue weighted by atomic mass is 16.5. The first-order valence-electron chi connectivity index (χ1n) is 9.90. The van der Waals surface area contributed by atoms with E-state index in [1.165, 1.54) is 38.2 Å². The number of nitrogens with zero attached hydrogens (tertiary/aromatic N) is 3. The van der Waals surface area contributed by atoms with Gasteiger partial charge in [-0.05, 0) is 42.9 Å². The fourth-order valence-electron chi connectivity index (χ4n) is 5.46. The summed E-state index contributed by atoms with van der Waals surface area (Å²) in [6.45, 7) is 4.90. The van der Waals surface area contributed by atoms with Crippen molar-refractivity contribution in [2.45, 2.75) is 18.9 Å². The van der Waals surface area contributed by atoms with Gasteiger partial charge in [0, 0.05) is 44.0 Å². The molecule has 0 N–H and O–H groups in total. The van der Waals surface area contributed by atoms with Gasteiger partial charge in [0.1, 0.15) is 11.5 Å². The van der Waals surface area contributed by atoms with Crippen LogP contribution >= 0.6 is 0 Å². The van der Waals surface area contributed by atoms with Crippen molar-refractivity contribution in [3.8, 4) is 22.6 Å². The third kappa shape index (κ3) is 2.94. The highest BCUT2D eigenvalue weighted by molar-refractivity contribution is 5.78. The maximum atomic E-state index is 5.61. The molecule has 2 aromatic rings. The van der Waals surface area contributed by atoms with Crippen LogP contribution in [0.5, 0.6) is 11.5 Å². The van der Waals surface area contributed by atoms with Crippen LogP contribution in [-0.2, 0) is 0 Å². The van der Waals surface area contributed by atoms with Gasteiger partial charge < -0.3 is 19.3 Å². The third-order valence-corrected chi connectivity index (χ3v) is 6.44. The zero-order valence-corrected chi connectivity index (χ0v) is 16.1. The summed E-state index contributed by atoms with van der Waals surface area (Å²) in [5, 5.41) is 0. The second kappa shape index (κ2) is 6.71. The van der Waals surface area contributed by atoms with Crippen LogP contribution in [0.4, 0.5) is 5.69 Å². The molecule has 0 spiro atoms. The molecule has 4 aliphatic heterocycles. The standard InChI is InChI=1S/C22H27N3O2/c1-26-20-4-3-5-21(27-2)22(20)17-8-18(10-23-9-17)25-13-16-6-15-7-19(25)14-24(11-15)12-16/h3-5,8-10,15-16,19H,6-7,11-14H2,1-2H3. The number of benzene rings is 1. The Labute approximate surface area is 160 Å². The molecule has 5 nitrogen and oxygen atoms in total. The predicted octanol–water partition coefficient (Wildman–Crippen LogP) is 3.30. The Morgan fingerprint density at radius 2 is 1.70 bits per heavy atom. The molecule has 6 rings (SSSR count). The summed E-state index contributed by atoms with van der Waals surface area (Å²) in [5.41, 5.74) is 3.24. The summed E-state index contributed by atoms with van der Waals surface area (Å²) >= 11 is 0. The lowest BCUT2D eigenvalue weighted by Gasteiger charge is -2.41. The first kappa shape index (κ1) is 16.9. The molecule has 0 amide bonds. The molecular weight excluding hydrogens is 338 g/mol. The number of rotatable bonds is 4. The highest BCUT2D eigenvalue weighted by Gasteiger charge is 2.41. The van der Waals surface area contributed by atoms with Gasteiger partial charge >= 0.3 is 0 Å². The Hall–Kier alpha value is -2.27. The van der Waals surface area contributed by atoms with E-state index in [4.69, 9.17) is 9.47 Å². The summed E-state index contributed by atoms with van der Waals surface area (Å²) < 4.78 is 11.2. The summed E-state index contributed by atoms with van der Waals surface area (Å²) in [5.74, 6) is 3.28. The minimum Gasteiger partial charge on any atom is -0.496 e. The van der Waals surface area contributed by atoms with E-state index >= 15 is 0 Å². The molecule has 4 unspecified atom stereocenters. The zero-order valence-electron chi connectivity index (χ0n) is 16.1. The number of piperidine rings is 2. The molecule has 27 heavy (non-hydrogen) atoms. The molecule has 4 fully saturated rings. The lowest BCUT2D eigenvalue weighted by Crippen LogP contribution is -2.49. The molecule has 142 valence electrons. The maximum absolute atomic E-state index is 5.61. The highest BCUT2D eigenvalue weighted by Crippen LogP contribution is 2.41. The van der Waals surface area contributed by atoms with Gasteiger partial charge in [-0.2, -0.15) is 0 Å². The average molecular weight is 365 g/mol. The molecule has 4 aliphatic rings. The van der Waals surface area contributed by atoms with E-state index in [0.29, 0.717) is 6.04 Å². The van der Waals surface area contributed by atoms with Gasteiger partial charge in [0.05, 0.1) is 31.7 Å². The van der Waals surface area contributed by atoms with Gasteiger partial charge in [0.25, 0.3) is 0 Å². The fraction of sp³-hybridized carbons (Fsp3) is 0.500. The Kier molecular flexibility index (Phi) is 4.20. The molecule has 1 aromatic carbocycles. The normalized spacial score (nSPS) is 28.9. The van der Waals surface area contributed by atoms with Crippen LogP contribution in [0.1, 0.15) is 12.8 Å². The van der Waals surface area contributed by atoms with E-state index in [2.05, 4.69) is 20.9 Å². The first-order chi connectivity index (χ1) is 13.2. The lowest BCUT2D eigenvalue weighted by molar-refractivity contribution is 0.0980. The molecular formula is C22H27N3O2. The topological polar surface area (TPSA) is 37.8 Å². The zero-order chi connectivity index (χ0) is 18.4. The van der Waals surface area contributed by atoms with Gasteiger partial charge in [-0.15, -0.1) is 0 Å². The van der Waals surface area contributed by atoms with Crippen molar-refractivity contribution in [2.75, 3.05) is 45.3 Å². The van der Waals surface area contributed by atoms with Gasteiger partial charge in [0.2, 0.25) is 0 Å². The van der Waals surface area contributed by atoms with E-state index in [-0.39, 0.29) is 0 Å². The molecule has 0 radical (unpaired) electrons. The van der Waals surface area contributed by atoms with Crippen molar-refractivity contribution in [3.05, 3.63) is 36.7 Å². The molecule has 4 bridgehead atoms. The van der Waals surface area contributed by atoms with E-state index in [0.717, 1.165) is 41.0 Å². The molecule has 5 heterocycles. The van der Waals surface area contributed by atoms with Crippen LogP contribution in [-0.4, -0.2) is 56.3 Å². The summed E-state index contributed by atoms with van der Waals surface area (Å²) in [4.78, 5) is 9.88. The van der Waals surface area contributed by atoms with Crippen molar-refractivity contribution in [3.63, 3.8) is 0 Å². The third-order valence-electron chi connectivity index (χ3n) is 6.44. The molecule has 1 aromatic heterocycles. The molecule has 0 aliphatic carbocycles. The molecule has 4 atom stereocenters. The van der Waals surface area contributed by atoms with Crippen LogP contribution in [0.2, 0.25) is 0 Å². The van der Waals surface area contributed by atoms with E-state index < -0.39 is 0 Å². The van der Waals surface area contributed by atoms with Crippen LogP contribution in [0.15, 0.2) is 36.7 Å². The van der Waals surface area contributed by atoms with Gasteiger partial charge in [-0.25, -0.2) is 0 Å². The monoisotopic (exact) mass is 365 g/mol. The Balaban J connectivity index is 1.54. The van der Waals surface area contributed by atoms with Crippen molar-refractivity contribution < 1.29 is 9.47 Å². The van der Waals surface area contributed by atoms with Crippen LogP contribution in [0, 0.1) is 11.8 Å². The smallest absolute Gasteiger partial charge is 0.130 e. The number of ether oxygens (including phenoxy) is 2. The SMILES string of the molecule is COc1cccc(OC)c1-c1cncc(N2CC3CC4CC2CN(C4)C3)c1. The number of hydrogen-bond donors (Lipinski definition) is 0. The van der Waals surface area contributed by atoms with Gasteiger partial charge in [0.15, 0.2) is 0 Å². The number of anilines is 1. The second-order valence-corrected chi connectivity index (χ2v) is 8.20. The molecule has 0 saturated carbocycles. The lowest BCUT2D eigenvalue weighted by atomic mass is 9.84. The minimum absolute atomic E-state index is 0.605. The Morgan fingerprint density at radius 1 is 0.926 bits per heavy atom. The number of pyridine rings is 1. The van der Waals surface area contributed by atoms with Crippen molar-refractivity contribution in [1.82, 2.24) is 9.88 Å². The van der Waals surface area contributed by atoms with Crippen LogP contribution in [0.25, 0.3) is 11.1 Å². The average Bonchev–Trinajstić information content (AvgIpc) is 2.90. The van der Waals surface area contributed by atoms with Gasteiger partial charge in [-0.1, -0.05) is 6.07 Å². The summed E-state index contributed by atoms with van der Waals surface area (Å²) in [6, 6.07) is 8.77. The fourth-order valence-corrected chi connectivity index (χ4v) is 5.46. The number of fused-ring (bicyclic) bond motifs is 1. The van der Waals surface area contributed by atoms with Crippen molar-refractivity contribution in [2.24, 2.45) is 11.8 Å². The minimum atomic E-state index is 0.605. The number of hydrogen-bond acceptors (Lipinski definition) is 5. The number of methoxy groups -OCH3 is 2. The maximum Gasteiger partial charge on any atom is 0.130 e. The van der Waals surface area contributed by atoms with Crippen LogP contribution in [0.3, 0.4) is 0 Å². The molecule has 5 heteroatoms. The van der Waals surface area contributed by atoms with E-state index in [1.54, 1.807) is 14.2 Å². The summed E-state index contributed by atoms with van der Waals surface area (Å²) in [6.07, 6.45) is 6.63. The largest absolute Gasteiger partial charge is 0.496 e.